The molecular weight excluding hydrogens is 220 g/mol. The van der Waals surface area contributed by atoms with Crippen molar-refractivity contribution in [3.63, 3.8) is 0 Å². The van der Waals surface area contributed by atoms with Gasteiger partial charge in [0.05, 0.1) is 0 Å². The summed E-state index contributed by atoms with van der Waals surface area (Å²) in [5.74, 6) is -3.17. The molecule has 0 aromatic heterocycles. The Bertz CT molecular complexity index is 223. The summed E-state index contributed by atoms with van der Waals surface area (Å²) < 4.78 is 4.39. The van der Waals surface area contributed by atoms with Gasteiger partial charge in [-0.15, -0.1) is 0 Å². The molecule has 4 nitrogen and oxygen atoms in total. The molecule has 0 unspecified atom stereocenters. The van der Waals surface area contributed by atoms with E-state index in [-0.39, 0.29) is 6.42 Å². The zero-order chi connectivity index (χ0) is 13.1. The fraction of sp³-hybridized carbons (Fsp3) is 0.769. The SMILES string of the molecule is C=CC(=O)OC(O)(O)CCCCCCCCC. The number of hydrogen-bond donors (Lipinski definition) is 2. The molecular formula is C13H24O4. The summed E-state index contributed by atoms with van der Waals surface area (Å²) in [6.45, 7) is 5.35. The highest BCUT2D eigenvalue weighted by Crippen LogP contribution is 2.15. The van der Waals surface area contributed by atoms with Crippen LogP contribution >= 0.6 is 0 Å². The summed E-state index contributed by atoms with van der Waals surface area (Å²) >= 11 is 0. The van der Waals surface area contributed by atoms with Gasteiger partial charge in [-0.25, -0.2) is 4.79 Å². The van der Waals surface area contributed by atoms with E-state index in [0.29, 0.717) is 6.42 Å². The van der Waals surface area contributed by atoms with Crippen LogP contribution in [0.15, 0.2) is 12.7 Å². The molecule has 17 heavy (non-hydrogen) atoms. The lowest BCUT2D eigenvalue weighted by Gasteiger charge is -2.20. The molecule has 0 radical (unpaired) electrons. The zero-order valence-corrected chi connectivity index (χ0v) is 10.7. The van der Waals surface area contributed by atoms with E-state index in [1.54, 1.807) is 0 Å². The van der Waals surface area contributed by atoms with Crippen LogP contribution in [0, 0.1) is 0 Å². The van der Waals surface area contributed by atoms with Gasteiger partial charge in [-0.1, -0.05) is 52.0 Å². The number of aliphatic hydroxyl groups is 2. The lowest BCUT2D eigenvalue weighted by molar-refractivity contribution is -0.320. The molecule has 0 amide bonds. The fourth-order valence-corrected chi connectivity index (χ4v) is 1.57. The number of hydrogen-bond acceptors (Lipinski definition) is 4. The Balaban J connectivity index is 3.51. The van der Waals surface area contributed by atoms with Crippen molar-refractivity contribution in [1.82, 2.24) is 0 Å². The Labute approximate surface area is 103 Å². The third-order valence-corrected chi connectivity index (χ3v) is 2.54. The number of carbonyl (C=O) groups excluding carboxylic acids is 1. The van der Waals surface area contributed by atoms with Gasteiger partial charge in [-0.2, -0.15) is 0 Å². The smallest absolute Gasteiger partial charge is 0.334 e. The van der Waals surface area contributed by atoms with Gasteiger partial charge in [0.2, 0.25) is 0 Å². The first-order chi connectivity index (χ1) is 8.02. The van der Waals surface area contributed by atoms with Crippen molar-refractivity contribution < 1.29 is 19.7 Å². The fourth-order valence-electron chi connectivity index (χ4n) is 1.57. The quantitative estimate of drug-likeness (QED) is 0.268. The minimum absolute atomic E-state index is 0.0420. The molecule has 0 aromatic rings. The normalized spacial score (nSPS) is 11.2. The van der Waals surface area contributed by atoms with Gasteiger partial charge in [-0.05, 0) is 6.42 Å². The van der Waals surface area contributed by atoms with Crippen LogP contribution in [0.4, 0.5) is 0 Å². The maximum Gasteiger partial charge on any atom is 0.334 e. The molecule has 0 heterocycles. The molecule has 0 bridgehead atoms. The summed E-state index contributed by atoms with van der Waals surface area (Å²) in [5.41, 5.74) is 0. The van der Waals surface area contributed by atoms with Gasteiger partial charge in [0, 0.05) is 12.5 Å². The van der Waals surface area contributed by atoms with Gasteiger partial charge in [0.1, 0.15) is 0 Å². The van der Waals surface area contributed by atoms with Crippen LogP contribution < -0.4 is 0 Å². The Kier molecular flexibility index (Phi) is 8.72. The molecule has 0 aliphatic carbocycles. The molecule has 0 rings (SSSR count). The van der Waals surface area contributed by atoms with Crippen molar-refractivity contribution in [2.45, 2.75) is 64.3 Å². The second kappa shape index (κ2) is 9.19. The van der Waals surface area contributed by atoms with E-state index in [2.05, 4.69) is 18.2 Å². The van der Waals surface area contributed by atoms with E-state index in [0.717, 1.165) is 18.9 Å². The Morgan fingerprint density at radius 3 is 2.24 bits per heavy atom. The van der Waals surface area contributed by atoms with Crippen molar-refractivity contribution in [2.75, 3.05) is 0 Å². The predicted octanol–water partition coefficient (Wildman–Crippen LogP) is 2.49. The van der Waals surface area contributed by atoms with E-state index in [1.807, 2.05) is 0 Å². The minimum atomic E-state index is -2.35. The highest BCUT2D eigenvalue weighted by Gasteiger charge is 2.26. The molecule has 2 N–H and O–H groups in total. The highest BCUT2D eigenvalue weighted by atomic mass is 16.8. The van der Waals surface area contributed by atoms with Gasteiger partial charge in [-0.3, -0.25) is 0 Å². The molecule has 100 valence electrons. The molecule has 0 aliphatic rings. The van der Waals surface area contributed by atoms with Crippen LogP contribution in [0.3, 0.4) is 0 Å². The molecule has 0 fully saturated rings. The van der Waals surface area contributed by atoms with Crippen molar-refractivity contribution in [1.29, 1.82) is 0 Å². The van der Waals surface area contributed by atoms with E-state index >= 15 is 0 Å². The summed E-state index contributed by atoms with van der Waals surface area (Å²) in [7, 11) is 0. The van der Waals surface area contributed by atoms with Crippen molar-refractivity contribution in [3.8, 4) is 0 Å². The molecule has 0 saturated carbocycles. The maximum absolute atomic E-state index is 10.8. The van der Waals surface area contributed by atoms with E-state index in [9.17, 15) is 15.0 Å². The largest absolute Gasteiger partial charge is 0.405 e. The number of carbonyl (C=O) groups is 1. The molecule has 0 atom stereocenters. The summed E-state index contributed by atoms with van der Waals surface area (Å²) in [4.78, 5) is 10.8. The number of esters is 1. The molecule has 0 aliphatic heterocycles. The van der Waals surface area contributed by atoms with Gasteiger partial charge in [0.15, 0.2) is 0 Å². The first kappa shape index (κ1) is 16.1. The summed E-state index contributed by atoms with van der Waals surface area (Å²) in [5, 5.41) is 18.6. The van der Waals surface area contributed by atoms with E-state index < -0.39 is 11.9 Å². The Hall–Kier alpha value is -0.870. The third-order valence-electron chi connectivity index (χ3n) is 2.54. The first-order valence-corrected chi connectivity index (χ1v) is 6.32. The second-order valence-corrected chi connectivity index (χ2v) is 4.24. The predicted molar refractivity (Wildman–Crippen MR) is 66.1 cm³/mol. The average Bonchev–Trinajstić information content (AvgIpc) is 2.27. The summed E-state index contributed by atoms with van der Waals surface area (Å²) in [6.07, 6.45) is 8.43. The average molecular weight is 244 g/mol. The van der Waals surface area contributed by atoms with Gasteiger partial charge >= 0.3 is 11.9 Å². The van der Waals surface area contributed by atoms with Crippen LogP contribution in [0.5, 0.6) is 0 Å². The van der Waals surface area contributed by atoms with E-state index in [4.69, 9.17) is 0 Å². The van der Waals surface area contributed by atoms with Crippen LogP contribution in [-0.2, 0) is 9.53 Å². The van der Waals surface area contributed by atoms with Gasteiger partial charge < -0.3 is 14.9 Å². The van der Waals surface area contributed by atoms with Crippen molar-refractivity contribution >= 4 is 5.97 Å². The second-order valence-electron chi connectivity index (χ2n) is 4.24. The number of ether oxygens (including phenoxy) is 1. The third kappa shape index (κ3) is 10.0. The van der Waals surface area contributed by atoms with Crippen molar-refractivity contribution in [2.24, 2.45) is 0 Å². The standard InChI is InChI=1S/C13H24O4/c1-3-5-6-7-8-9-10-11-13(15,16)17-12(14)4-2/h4,15-16H,2-3,5-11H2,1H3. The molecule has 0 spiro atoms. The zero-order valence-electron chi connectivity index (χ0n) is 10.7. The molecule has 0 saturated heterocycles. The minimum Gasteiger partial charge on any atom is -0.405 e. The number of unbranched alkanes of at least 4 members (excludes halogenated alkanes) is 6. The topological polar surface area (TPSA) is 66.8 Å². The Morgan fingerprint density at radius 1 is 1.18 bits per heavy atom. The van der Waals surface area contributed by atoms with Crippen LogP contribution in [-0.4, -0.2) is 22.2 Å². The van der Waals surface area contributed by atoms with Crippen LogP contribution in [0.1, 0.15) is 58.3 Å². The first-order valence-electron chi connectivity index (χ1n) is 6.32. The number of rotatable bonds is 10. The monoisotopic (exact) mass is 244 g/mol. The lowest BCUT2D eigenvalue weighted by atomic mass is 10.1. The molecule has 0 aromatic carbocycles. The summed E-state index contributed by atoms with van der Waals surface area (Å²) in [6, 6.07) is 0. The van der Waals surface area contributed by atoms with Crippen molar-refractivity contribution in [3.05, 3.63) is 12.7 Å². The molecule has 4 heteroatoms. The van der Waals surface area contributed by atoms with Crippen LogP contribution in [0.2, 0.25) is 0 Å². The lowest BCUT2D eigenvalue weighted by Crippen LogP contribution is -2.33. The highest BCUT2D eigenvalue weighted by molar-refractivity contribution is 5.81. The van der Waals surface area contributed by atoms with E-state index in [1.165, 1.54) is 25.7 Å². The maximum atomic E-state index is 10.8. The van der Waals surface area contributed by atoms with Crippen LogP contribution in [0.25, 0.3) is 0 Å². The Morgan fingerprint density at radius 2 is 1.71 bits per heavy atom. The van der Waals surface area contributed by atoms with Gasteiger partial charge in [0.25, 0.3) is 0 Å².